The summed E-state index contributed by atoms with van der Waals surface area (Å²) in [5.74, 6) is -0.444. The van der Waals surface area contributed by atoms with Crippen molar-refractivity contribution in [3.8, 4) is 0 Å². The van der Waals surface area contributed by atoms with Gasteiger partial charge >= 0.3 is 6.18 Å². The van der Waals surface area contributed by atoms with Crippen LogP contribution in [0.15, 0.2) is 18.2 Å². The Labute approximate surface area is 120 Å². The summed E-state index contributed by atoms with van der Waals surface area (Å²) in [5.41, 5.74) is -0.443. The van der Waals surface area contributed by atoms with Crippen LogP contribution in [0.5, 0.6) is 0 Å². The zero-order valence-corrected chi connectivity index (χ0v) is 11.8. The maximum absolute atomic E-state index is 12.8. The van der Waals surface area contributed by atoms with E-state index in [1.54, 1.807) is 14.1 Å². The molecule has 1 aromatic carbocycles. The molecule has 1 aliphatic heterocycles. The normalized spacial score (nSPS) is 18.6. The van der Waals surface area contributed by atoms with E-state index in [2.05, 4.69) is 5.32 Å². The Balaban J connectivity index is 2.33. The fourth-order valence-electron chi connectivity index (χ4n) is 2.30. The van der Waals surface area contributed by atoms with Crippen LogP contribution >= 0.6 is 0 Å². The first-order valence-electron chi connectivity index (χ1n) is 6.58. The number of carbonyl (C=O) groups is 1. The third-order valence-electron chi connectivity index (χ3n) is 3.62. The lowest BCUT2D eigenvalue weighted by Crippen LogP contribution is -2.37. The Morgan fingerprint density at radius 1 is 1.43 bits per heavy atom. The predicted molar refractivity (Wildman–Crippen MR) is 72.3 cm³/mol. The van der Waals surface area contributed by atoms with Gasteiger partial charge in [-0.2, -0.15) is 13.2 Å². The molecule has 4 nitrogen and oxygen atoms in total. The fraction of sp³-hybridized carbons (Fsp3) is 0.500. The first-order valence-corrected chi connectivity index (χ1v) is 6.58. The maximum atomic E-state index is 12.8. The van der Waals surface area contributed by atoms with E-state index in [-0.39, 0.29) is 11.6 Å². The molecule has 1 N–H and O–H groups in total. The van der Waals surface area contributed by atoms with Gasteiger partial charge in [-0.15, -0.1) is 0 Å². The average molecular weight is 302 g/mol. The van der Waals surface area contributed by atoms with Crippen molar-refractivity contribution in [1.82, 2.24) is 4.90 Å². The number of likely N-dealkylation sites (N-methyl/N-ethyl adjacent to an activating group) is 1. The lowest BCUT2D eigenvalue weighted by molar-refractivity contribution is -0.137. The van der Waals surface area contributed by atoms with Gasteiger partial charge in [-0.3, -0.25) is 4.79 Å². The van der Waals surface area contributed by atoms with Crippen molar-refractivity contribution in [2.24, 2.45) is 0 Å². The summed E-state index contributed by atoms with van der Waals surface area (Å²) >= 11 is 0. The van der Waals surface area contributed by atoms with Gasteiger partial charge in [-0.05, 0) is 24.6 Å². The number of nitrogens with zero attached hydrogens (tertiary/aromatic N) is 1. The highest BCUT2D eigenvalue weighted by Crippen LogP contribution is 2.32. The van der Waals surface area contributed by atoms with E-state index in [1.807, 2.05) is 0 Å². The zero-order chi connectivity index (χ0) is 15.6. The van der Waals surface area contributed by atoms with Crippen molar-refractivity contribution >= 4 is 11.6 Å². The van der Waals surface area contributed by atoms with E-state index in [9.17, 15) is 18.0 Å². The van der Waals surface area contributed by atoms with Crippen LogP contribution in [0.3, 0.4) is 0 Å². The fourth-order valence-corrected chi connectivity index (χ4v) is 2.30. The van der Waals surface area contributed by atoms with Crippen LogP contribution in [0.1, 0.15) is 22.3 Å². The summed E-state index contributed by atoms with van der Waals surface area (Å²) in [6.45, 7) is 0.972. The van der Waals surface area contributed by atoms with Crippen LogP contribution in [-0.4, -0.2) is 44.2 Å². The summed E-state index contributed by atoms with van der Waals surface area (Å²) < 4.78 is 43.6. The van der Waals surface area contributed by atoms with Crippen molar-refractivity contribution in [3.63, 3.8) is 0 Å². The topological polar surface area (TPSA) is 41.6 Å². The molecule has 1 unspecified atom stereocenters. The number of nitrogens with one attached hydrogen (secondary N) is 1. The van der Waals surface area contributed by atoms with Gasteiger partial charge in [0.05, 0.1) is 23.8 Å². The van der Waals surface area contributed by atoms with Crippen molar-refractivity contribution in [2.75, 3.05) is 32.6 Å². The van der Waals surface area contributed by atoms with Crippen LogP contribution in [0.2, 0.25) is 0 Å². The van der Waals surface area contributed by atoms with E-state index < -0.39 is 17.6 Å². The Hall–Kier alpha value is -1.76. The Bertz CT molecular complexity index is 525. The maximum Gasteiger partial charge on any atom is 0.416 e. The average Bonchev–Trinajstić information content (AvgIpc) is 2.98. The molecule has 7 heteroatoms. The van der Waals surface area contributed by atoms with Crippen molar-refractivity contribution < 1.29 is 22.7 Å². The molecule has 1 saturated heterocycles. The molecule has 0 aliphatic carbocycles. The quantitative estimate of drug-likeness (QED) is 0.933. The molecule has 1 aromatic rings. The van der Waals surface area contributed by atoms with Crippen LogP contribution < -0.4 is 5.32 Å². The monoisotopic (exact) mass is 302 g/mol. The number of ether oxygens (including phenoxy) is 1. The number of amides is 1. The highest BCUT2D eigenvalue weighted by Gasteiger charge is 2.33. The van der Waals surface area contributed by atoms with Crippen LogP contribution in [0.4, 0.5) is 18.9 Å². The van der Waals surface area contributed by atoms with Crippen molar-refractivity contribution in [1.29, 1.82) is 0 Å². The number of carbonyl (C=O) groups excluding carboxylic acids is 1. The number of benzene rings is 1. The molecule has 0 saturated carbocycles. The molecule has 1 amide bonds. The van der Waals surface area contributed by atoms with Gasteiger partial charge in [-0.1, -0.05) is 0 Å². The lowest BCUT2D eigenvalue weighted by Gasteiger charge is -2.24. The molecule has 1 aliphatic rings. The molecule has 0 spiro atoms. The third-order valence-corrected chi connectivity index (χ3v) is 3.62. The smallest absolute Gasteiger partial charge is 0.387 e. The predicted octanol–water partition coefficient (Wildman–Crippen LogP) is 2.61. The molecule has 0 aromatic heterocycles. The molecule has 116 valence electrons. The minimum atomic E-state index is -4.48. The summed E-state index contributed by atoms with van der Waals surface area (Å²) in [5, 5.41) is 2.75. The van der Waals surface area contributed by atoms with E-state index in [4.69, 9.17) is 4.74 Å². The molecular formula is C14H17F3N2O2. The second-order valence-electron chi connectivity index (χ2n) is 4.94. The van der Waals surface area contributed by atoms with Crippen LogP contribution in [-0.2, 0) is 10.9 Å². The third kappa shape index (κ3) is 3.29. The lowest BCUT2D eigenvalue weighted by atomic mass is 10.1. The summed E-state index contributed by atoms with van der Waals surface area (Å²) in [7, 11) is 3.15. The number of rotatable bonds is 3. The molecule has 0 radical (unpaired) electrons. The molecular weight excluding hydrogens is 285 g/mol. The Morgan fingerprint density at radius 3 is 2.67 bits per heavy atom. The van der Waals surface area contributed by atoms with Crippen LogP contribution in [0, 0.1) is 0 Å². The van der Waals surface area contributed by atoms with Crippen molar-refractivity contribution in [3.05, 3.63) is 29.3 Å². The van der Waals surface area contributed by atoms with E-state index in [0.717, 1.165) is 12.1 Å². The summed E-state index contributed by atoms with van der Waals surface area (Å²) in [4.78, 5) is 13.9. The molecule has 1 heterocycles. The van der Waals surface area contributed by atoms with Gasteiger partial charge in [0.25, 0.3) is 5.91 Å². The van der Waals surface area contributed by atoms with E-state index in [1.165, 1.54) is 11.0 Å². The first-order chi connectivity index (χ1) is 9.84. The van der Waals surface area contributed by atoms with E-state index >= 15 is 0 Å². The van der Waals surface area contributed by atoms with Crippen LogP contribution in [0.25, 0.3) is 0 Å². The number of anilines is 1. The Kier molecular flexibility index (Phi) is 4.41. The van der Waals surface area contributed by atoms with Crippen molar-refractivity contribution in [2.45, 2.75) is 18.6 Å². The Morgan fingerprint density at radius 2 is 2.14 bits per heavy atom. The minimum absolute atomic E-state index is 0.0155. The second kappa shape index (κ2) is 5.93. The van der Waals surface area contributed by atoms with Gasteiger partial charge in [0.2, 0.25) is 0 Å². The largest absolute Gasteiger partial charge is 0.416 e. The molecule has 1 atom stereocenters. The highest BCUT2D eigenvalue weighted by atomic mass is 19.4. The molecule has 0 bridgehead atoms. The number of hydrogen-bond donors (Lipinski definition) is 1. The van der Waals surface area contributed by atoms with Gasteiger partial charge < -0.3 is 15.0 Å². The minimum Gasteiger partial charge on any atom is -0.387 e. The molecule has 21 heavy (non-hydrogen) atoms. The standard InChI is InChI=1S/C14H17F3N2O2/c1-18-12-4-3-9(14(15,16)17)7-11(12)13(20)19(2)10-5-6-21-8-10/h3-4,7,10,18H,5-6,8H2,1-2H3. The SMILES string of the molecule is CNc1ccc(C(F)(F)F)cc1C(=O)N(C)C1CCOC1. The number of hydrogen-bond acceptors (Lipinski definition) is 3. The molecule has 1 fully saturated rings. The molecule has 2 rings (SSSR count). The number of alkyl halides is 3. The van der Waals surface area contributed by atoms with Gasteiger partial charge in [-0.25, -0.2) is 0 Å². The second-order valence-corrected chi connectivity index (χ2v) is 4.94. The number of halogens is 3. The van der Waals surface area contributed by atoms with Gasteiger partial charge in [0, 0.05) is 26.4 Å². The highest BCUT2D eigenvalue weighted by molar-refractivity contribution is 6.00. The zero-order valence-electron chi connectivity index (χ0n) is 11.8. The van der Waals surface area contributed by atoms with Gasteiger partial charge in [0.1, 0.15) is 0 Å². The summed E-state index contributed by atoms with van der Waals surface area (Å²) in [6, 6.07) is 3.02. The van der Waals surface area contributed by atoms with E-state index in [0.29, 0.717) is 25.3 Å². The summed E-state index contributed by atoms with van der Waals surface area (Å²) in [6.07, 6.45) is -3.79. The van der Waals surface area contributed by atoms with Gasteiger partial charge in [0.15, 0.2) is 0 Å². The first kappa shape index (κ1) is 15.6.